The normalized spacial score (nSPS) is 12.6. The van der Waals surface area contributed by atoms with Crippen molar-refractivity contribution >= 4 is 22.9 Å². The van der Waals surface area contributed by atoms with Crippen molar-refractivity contribution in [2.45, 2.75) is 19.9 Å². The minimum atomic E-state index is 0.241. The average Bonchev–Trinajstić information content (AvgIpc) is 2.84. The van der Waals surface area contributed by atoms with Crippen molar-refractivity contribution in [2.75, 3.05) is 6.54 Å². The van der Waals surface area contributed by atoms with Crippen LogP contribution in [0.3, 0.4) is 0 Å². The Balaban J connectivity index is 2.43. The van der Waals surface area contributed by atoms with E-state index in [1.54, 1.807) is 11.3 Å². The molecule has 3 heteroatoms. The van der Waals surface area contributed by atoms with Crippen molar-refractivity contribution in [3.05, 3.63) is 56.7 Å². The molecule has 90 valence electrons. The largest absolute Gasteiger partial charge is 0.306 e. The second-order valence-electron chi connectivity index (χ2n) is 4.00. The van der Waals surface area contributed by atoms with E-state index in [0.717, 1.165) is 17.1 Å². The zero-order valence-corrected chi connectivity index (χ0v) is 11.6. The maximum absolute atomic E-state index is 6.19. The van der Waals surface area contributed by atoms with Gasteiger partial charge in [0, 0.05) is 5.02 Å². The van der Waals surface area contributed by atoms with Crippen LogP contribution in [0.4, 0.5) is 0 Å². The van der Waals surface area contributed by atoms with E-state index in [9.17, 15) is 0 Å². The van der Waals surface area contributed by atoms with Gasteiger partial charge in [-0.3, -0.25) is 0 Å². The van der Waals surface area contributed by atoms with Crippen LogP contribution in [0.2, 0.25) is 5.02 Å². The van der Waals surface area contributed by atoms with Crippen LogP contribution in [0.1, 0.15) is 29.7 Å². The molecule has 1 nitrogen and oxygen atoms in total. The van der Waals surface area contributed by atoms with Gasteiger partial charge < -0.3 is 5.32 Å². The maximum atomic E-state index is 6.19. The van der Waals surface area contributed by atoms with Crippen molar-refractivity contribution in [3.8, 4) is 0 Å². The van der Waals surface area contributed by atoms with Crippen molar-refractivity contribution < 1.29 is 0 Å². The third kappa shape index (κ3) is 2.71. The molecule has 2 aromatic rings. The van der Waals surface area contributed by atoms with Gasteiger partial charge in [-0.15, -0.1) is 0 Å². The van der Waals surface area contributed by atoms with E-state index < -0.39 is 0 Å². The molecule has 0 spiro atoms. The second-order valence-corrected chi connectivity index (χ2v) is 5.19. The van der Waals surface area contributed by atoms with Gasteiger partial charge in [0.1, 0.15) is 0 Å². The number of hydrogen-bond donors (Lipinski definition) is 1. The first-order chi connectivity index (χ1) is 8.24. The van der Waals surface area contributed by atoms with E-state index in [0.29, 0.717) is 0 Å². The van der Waals surface area contributed by atoms with Crippen molar-refractivity contribution in [2.24, 2.45) is 0 Å². The van der Waals surface area contributed by atoms with Gasteiger partial charge >= 0.3 is 0 Å². The second kappa shape index (κ2) is 5.67. The third-order valence-corrected chi connectivity index (χ3v) is 4.02. The summed E-state index contributed by atoms with van der Waals surface area (Å²) >= 11 is 7.92. The molecule has 0 radical (unpaired) electrons. The fraction of sp³-hybridized carbons (Fsp3) is 0.286. The van der Waals surface area contributed by atoms with Gasteiger partial charge in [-0.25, -0.2) is 0 Å². The minimum absolute atomic E-state index is 0.241. The van der Waals surface area contributed by atoms with Crippen molar-refractivity contribution in [1.29, 1.82) is 0 Å². The summed E-state index contributed by atoms with van der Waals surface area (Å²) in [6.07, 6.45) is 0. The molecule has 1 unspecified atom stereocenters. The van der Waals surface area contributed by atoms with E-state index in [1.807, 2.05) is 12.1 Å². The van der Waals surface area contributed by atoms with Gasteiger partial charge in [0.2, 0.25) is 0 Å². The van der Waals surface area contributed by atoms with Gasteiger partial charge in [0.05, 0.1) is 6.04 Å². The van der Waals surface area contributed by atoms with Crippen molar-refractivity contribution in [3.63, 3.8) is 0 Å². The zero-order chi connectivity index (χ0) is 12.3. The van der Waals surface area contributed by atoms with E-state index in [2.05, 4.69) is 42.1 Å². The first kappa shape index (κ1) is 12.6. The topological polar surface area (TPSA) is 12.0 Å². The molecule has 0 fully saturated rings. The van der Waals surface area contributed by atoms with Crippen LogP contribution in [-0.2, 0) is 0 Å². The Morgan fingerprint density at radius 2 is 2.18 bits per heavy atom. The molecule has 1 aromatic heterocycles. The molecule has 1 heterocycles. The number of hydrogen-bond acceptors (Lipinski definition) is 2. The average molecular weight is 266 g/mol. The molecule has 1 N–H and O–H groups in total. The Hall–Kier alpha value is -0.830. The highest BCUT2D eigenvalue weighted by atomic mass is 35.5. The molecular formula is C14H16ClNS. The number of thiophene rings is 1. The standard InChI is InChI=1S/C14H16ClNS/c1-3-16-14(11-7-8-17-9-11)12-5-4-6-13(15)10(12)2/h4-9,14,16H,3H2,1-2H3. The van der Waals surface area contributed by atoms with E-state index in [1.165, 1.54) is 11.1 Å². The summed E-state index contributed by atoms with van der Waals surface area (Å²) < 4.78 is 0. The third-order valence-electron chi connectivity index (χ3n) is 2.91. The maximum Gasteiger partial charge on any atom is 0.0587 e. The molecule has 17 heavy (non-hydrogen) atoms. The smallest absolute Gasteiger partial charge is 0.0587 e. The van der Waals surface area contributed by atoms with E-state index in [-0.39, 0.29) is 6.04 Å². The Morgan fingerprint density at radius 1 is 1.35 bits per heavy atom. The predicted octanol–water partition coefficient (Wildman–Crippen LogP) is 4.41. The molecule has 0 aliphatic heterocycles. The fourth-order valence-corrected chi connectivity index (χ4v) is 2.86. The Morgan fingerprint density at radius 3 is 2.82 bits per heavy atom. The highest BCUT2D eigenvalue weighted by Gasteiger charge is 2.16. The Labute approximate surface area is 111 Å². The molecule has 0 saturated carbocycles. The zero-order valence-electron chi connectivity index (χ0n) is 10.0. The lowest BCUT2D eigenvalue weighted by Gasteiger charge is -2.20. The molecule has 0 aliphatic carbocycles. The quantitative estimate of drug-likeness (QED) is 0.864. The molecule has 0 saturated heterocycles. The summed E-state index contributed by atoms with van der Waals surface area (Å²) in [7, 11) is 0. The molecule has 1 atom stereocenters. The van der Waals surface area contributed by atoms with Crippen LogP contribution in [0.25, 0.3) is 0 Å². The van der Waals surface area contributed by atoms with Crippen LogP contribution < -0.4 is 5.32 Å². The van der Waals surface area contributed by atoms with Crippen LogP contribution in [0, 0.1) is 6.92 Å². The Bertz CT molecular complexity index is 479. The first-order valence-corrected chi connectivity index (χ1v) is 7.06. The molecular weight excluding hydrogens is 250 g/mol. The monoisotopic (exact) mass is 265 g/mol. The van der Waals surface area contributed by atoms with Gasteiger partial charge in [0.15, 0.2) is 0 Å². The number of benzene rings is 1. The predicted molar refractivity (Wildman–Crippen MR) is 76.0 cm³/mol. The van der Waals surface area contributed by atoms with Crippen LogP contribution >= 0.6 is 22.9 Å². The van der Waals surface area contributed by atoms with Gasteiger partial charge in [-0.05, 0) is 53.1 Å². The van der Waals surface area contributed by atoms with Gasteiger partial charge in [0.25, 0.3) is 0 Å². The molecule has 0 amide bonds. The summed E-state index contributed by atoms with van der Waals surface area (Å²) in [5.74, 6) is 0. The summed E-state index contributed by atoms with van der Waals surface area (Å²) in [5.41, 5.74) is 3.73. The summed E-state index contributed by atoms with van der Waals surface area (Å²) in [4.78, 5) is 0. The van der Waals surface area contributed by atoms with Crippen LogP contribution in [0.5, 0.6) is 0 Å². The highest BCUT2D eigenvalue weighted by Crippen LogP contribution is 2.29. The SMILES string of the molecule is CCNC(c1ccsc1)c1cccc(Cl)c1C. The molecule has 1 aromatic carbocycles. The van der Waals surface area contributed by atoms with Crippen molar-refractivity contribution in [1.82, 2.24) is 5.32 Å². The summed E-state index contributed by atoms with van der Waals surface area (Å²) in [5, 5.41) is 8.65. The number of halogens is 1. The number of rotatable bonds is 4. The number of nitrogens with one attached hydrogen (secondary N) is 1. The molecule has 0 aliphatic rings. The van der Waals surface area contributed by atoms with E-state index >= 15 is 0 Å². The lowest BCUT2D eigenvalue weighted by molar-refractivity contribution is 0.629. The van der Waals surface area contributed by atoms with Crippen LogP contribution in [-0.4, -0.2) is 6.54 Å². The molecule has 0 bridgehead atoms. The van der Waals surface area contributed by atoms with Crippen LogP contribution in [0.15, 0.2) is 35.0 Å². The fourth-order valence-electron chi connectivity index (χ4n) is 1.99. The minimum Gasteiger partial charge on any atom is -0.306 e. The molecule has 2 rings (SSSR count). The first-order valence-electron chi connectivity index (χ1n) is 5.74. The van der Waals surface area contributed by atoms with E-state index in [4.69, 9.17) is 11.6 Å². The van der Waals surface area contributed by atoms with Gasteiger partial charge in [-0.2, -0.15) is 11.3 Å². The Kier molecular flexibility index (Phi) is 4.21. The summed E-state index contributed by atoms with van der Waals surface area (Å²) in [6.45, 7) is 5.14. The van der Waals surface area contributed by atoms with Gasteiger partial charge in [-0.1, -0.05) is 30.7 Å². The highest BCUT2D eigenvalue weighted by molar-refractivity contribution is 7.08. The lowest BCUT2D eigenvalue weighted by Crippen LogP contribution is -2.22. The lowest BCUT2D eigenvalue weighted by atomic mass is 9.97. The summed E-state index contributed by atoms with van der Waals surface area (Å²) in [6, 6.07) is 8.51.